The Bertz CT molecular complexity index is 1070. The normalized spacial score (nSPS) is 13.1. The molecule has 0 aromatic heterocycles. The lowest BCUT2D eigenvalue weighted by atomic mass is 10.1. The van der Waals surface area contributed by atoms with Gasteiger partial charge in [-0.1, -0.05) is 60.7 Å². The van der Waals surface area contributed by atoms with Crippen molar-refractivity contribution in [3.05, 3.63) is 77.9 Å². The molecular formula is C24H31N3O2S. The van der Waals surface area contributed by atoms with Crippen LogP contribution >= 0.6 is 0 Å². The van der Waals surface area contributed by atoms with Gasteiger partial charge < -0.3 is 10.6 Å². The van der Waals surface area contributed by atoms with Crippen LogP contribution < -0.4 is 10.5 Å². The van der Waals surface area contributed by atoms with Crippen LogP contribution in [0.1, 0.15) is 24.0 Å². The smallest absolute Gasteiger partial charge is 0.241 e. The van der Waals surface area contributed by atoms with Crippen LogP contribution in [0.15, 0.2) is 71.6 Å². The van der Waals surface area contributed by atoms with E-state index >= 15 is 0 Å². The molecule has 0 aliphatic rings. The van der Waals surface area contributed by atoms with Gasteiger partial charge >= 0.3 is 0 Å². The van der Waals surface area contributed by atoms with Crippen molar-refractivity contribution in [3.8, 4) is 0 Å². The molecule has 3 aromatic rings. The number of benzene rings is 3. The van der Waals surface area contributed by atoms with Crippen LogP contribution in [0.3, 0.4) is 0 Å². The lowest BCUT2D eigenvalue weighted by Gasteiger charge is -2.25. The Morgan fingerprint density at radius 3 is 2.33 bits per heavy atom. The minimum absolute atomic E-state index is 0.215. The first-order chi connectivity index (χ1) is 14.4. The zero-order valence-electron chi connectivity index (χ0n) is 17.7. The van der Waals surface area contributed by atoms with Crippen LogP contribution in [-0.4, -0.2) is 39.5 Å². The van der Waals surface area contributed by atoms with E-state index in [0.717, 1.165) is 29.3 Å². The first-order valence-corrected chi connectivity index (χ1v) is 11.8. The van der Waals surface area contributed by atoms with Crippen molar-refractivity contribution in [2.24, 2.45) is 5.73 Å². The Morgan fingerprint density at radius 1 is 0.967 bits per heavy atom. The van der Waals surface area contributed by atoms with Gasteiger partial charge in [0.25, 0.3) is 0 Å². The molecule has 0 aliphatic carbocycles. The highest BCUT2D eigenvalue weighted by Crippen LogP contribution is 2.26. The molecule has 3 N–H and O–H groups in total. The van der Waals surface area contributed by atoms with Crippen LogP contribution in [0.4, 0.5) is 0 Å². The van der Waals surface area contributed by atoms with Crippen LogP contribution in [-0.2, 0) is 16.6 Å². The van der Waals surface area contributed by atoms with E-state index < -0.39 is 10.0 Å². The van der Waals surface area contributed by atoms with E-state index in [4.69, 9.17) is 5.73 Å². The Morgan fingerprint density at radius 2 is 1.63 bits per heavy atom. The Kier molecular flexibility index (Phi) is 7.61. The van der Waals surface area contributed by atoms with Gasteiger partial charge in [-0.05, 0) is 55.9 Å². The molecule has 3 rings (SSSR count). The summed E-state index contributed by atoms with van der Waals surface area (Å²) in [6.07, 6.45) is 1.46. The molecule has 6 heteroatoms. The minimum atomic E-state index is -3.67. The lowest BCUT2D eigenvalue weighted by Crippen LogP contribution is -2.42. The fraction of sp³-hybridized carbons (Fsp3) is 0.333. The van der Waals surface area contributed by atoms with E-state index in [0.29, 0.717) is 24.4 Å². The number of nitrogens with two attached hydrogens (primary N) is 1. The maximum Gasteiger partial charge on any atom is 0.241 e. The zero-order valence-corrected chi connectivity index (χ0v) is 18.5. The Labute approximate surface area is 180 Å². The van der Waals surface area contributed by atoms with Gasteiger partial charge in [-0.15, -0.1) is 0 Å². The fourth-order valence-corrected chi connectivity index (χ4v) is 5.30. The van der Waals surface area contributed by atoms with Gasteiger partial charge in [0.1, 0.15) is 0 Å². The van der Waals surface area contributed by atoms with Gasteiger partial charge in [0.2, 0.25) is 10.0 Å². The topological polar surface area (TPSA) is 75.4 Å². The summed E-state index contributed by atoms with van der Waals surface area (Å²) >= 11 is 0. The second-order valence-electron chi connectivity index (χ2n) is 7.86. The second-order valence-corrected chi connectivity index (χ2v) is 9.54. The third-order valence-corrected chi connectivity index (χ3v) is 6.88. The van der Waals surface area contributed by atoms with Gasteiger partial charge in [-0.25, -0.2) is 13.1 Å². The molecule has 0 saturated carbocycles. The van der Waals surface area contributed by atoms with Gasteiger partial charge in [-0.2, -0.15) is 0 Å². The van der Waals surface area contributed by atoms with E-state index in [2.05, 4.69) is 21.8 Å². The van der Waals surface area contributed by atoms with Crippen LogP contribution in [0.2, 0.25) is 0 Å². The minimum Gasteiger partial charge on any atom is -0.330 e. The highest BCUT2D eigenvalue weighted by Gasteiger charge is 2.23. The molecule has 3 aromatic carbocycles. The van der Waals surface area contributed by atoms with Crippen molar-refractivity contribution in [1.82, 2.24) is 9.62 Å². The van der Waals surface area contributed by atoms with Crippen molar-refractivity contribution >= 4 is 20.8 Å². The van der Waals surface area contributed by atoms with Crippen molar-refractivity contribution in [1.29, 1.82) is 0 Å². The van der Waals surface area contributed by atoms with E-state index in [9.17, 15) is 8.42 Å². The van der Waals surface area contributed by atoms with Gasteiger partial charge in [0.15, 0.2) is 0 Å². The standard InChI is InChI=1S/C24H31N3O2S/c1-19-14-15-24(23-13-7-6-12-22(19)23)30(28,29)26-21(11-8-16-25)18-27(2)17-20-9-4-3-5-10-20/h3-7,9-10,12-15,21,26H,8,11,16-18,25H2,1-2H3/t21-/m0/s1. The second kappa shape index (κ2) is 10.2. The van der Waals surface area contributed by atoms with Crippen LogP contribution in [0.25, 0.3) is 10.8 Å². The van der Waals surface area contributed by atoms with Crippen molar-refractivity contribution < 1.29 is 8.42 Å². The SMILES string of the molecule is Cc1ccc(S(=O)(=O)N[C@@H](CCCN)CN(C)Cc2ccccc2)c2ccccc12. The highest BCUT2D eigenvalue weighted by molar-refractivity contribution is 7.89. The summed E-state index contributed by atoms with van der Waals surface area (Å²) in [7, 11) is -1.66. The molecule has 0 fully saturated rings. The summed E-state index contributed by atoms with van der Waals surface area (Å²) in [6.45, 7) is 3.90. The number of sulfonamides is 1. The summed E-state index contributed by atoms with van der Waals surface area (Å²) in [5.41, 5.74) is 7.97. The molecule has 0 radical (unpaired) electrons. The van der Waals surface area contributed by atoms with Crippen molar-refractivity contribution in [3.63, 3.8) is 0 Å². The number of nitrogens with one attached hydrogen (secondary N) is 1. The number of hydrogen-bond donors (Lipinski definition) is 2. The maximum absolute atomic E-state index is 13.3. The van der Waals surface area contributed by atoms with E-state index in [1.165, 1.54) is 5.56 Å². The molecule has 30 heavy (non-hydrogen) atoms. The monoisotopic (exact) mass is 425 g/mol. The van der Waals surface area contributed by atoms with Gasteiger partial charge in [0.05, 0.1) is 4.90 Å². The molecule has 0 bridgehead atoms. The van der Waals surface area contributed by atoms with Crippen LogP contribution in [0, 0.1) is 6.92 Å². The lowest BCUT2D eigenvalue weighted by molar-refractivity contribution is 0.287. The summed E-state index contributed by atoms with van der Waals surface area (Å²) < 4.78 is 29.6. The summed E-state index contributed by atoms with van der Waals surface area (Å²) in [4.78, 5) is 2.47. The van der Waals surface area contributed by atoms with Gasteiger partial charge in [-0.3, -0.25) is 0 Å². The zero-order chi connectivity index (χ0) is 21.6. The highest BCUT2D eigenvalue weighted by atomic mass is 32.2. The first-order valence-electron chi connectivity index (χ1n) is 10.3. The Balaban J connectivity index is 1.81. The molecule has 0 heterocycles. The molecule has 0 unspecified atom stereocenters. The molecule has 0 amide bonds. The van der Waals surface area contributed by atoms with Crippen molar-refractivity contribution in [2.45, 2.75) is 37.2 Å². The molecule has 0 spiro atoms. The number of nitrogens with zero attached hydrogens (tertiary/aromatic N) is 1. The number of rotatable bonds is 10. The van der Waals surface area contributed by atoms with E-state index in [1.54, 1.807) is 6.07 Å². The largest absolute Gasteiger partial charge is 0.330 e. The number of hydrogen-bond acceptors (Lipinski definition) is 4. The van der Waals surface area contributed by atoms with E-state index in [-0.39, 0.29) is 6.04 Å². The average molecular weight is 426 g/mol. The maximum atomic E-state index is 13.3. The summed E-state index contributed by atoms with van der Waals surface area (Å²) in [5, 5.41) is 1.71. The quantitative estimate of drug-likeness (QED) is 0.520. The third-order valence-electron chi connectivity index (χ3n) is 5.30. The molecular weight excluding hydrogens is 394 g/mol. The fourth-order valence-electron chi connectivity index (χ4n) is 3.83. The number of fused-ring (bicyclic) bond motifs is 1. The predicted molar refractivity (Wildman–Crippen MR) is 124 cm³/mol. The first kappa shape index (κ1) is 22.4. The molecule has 0 saturated heterocycles. The Hall–Kier alpha value is -2.25. The predicted octanol–water partition coefficient (Wildman–Crippen LogP) is 3.67. The number of likely N-dealkylation sites (N-methyl/N-ethyl adjacent to an activating group) is 1. The van der Waals surface area contributed by atoms with Crippen molar-refractivity contribution in [2.75, 3.05) is 20.1 Å². The summed E-state index contributed by atoms with van der Waals surface area (Å²) in [6, 6.07) is 21.2. The third kappa shape index (κ3) is 5.67. The van der Waals surface area contributed by atoms with Gasteiger partial charge in [0, 0.05) is 24.5 Å². The molecule has 0 aliphatic heterocycles. The van der Waals surface area contributed by atoms with E-state index in [1.807, 2.05) is 62.5 Å². The molecule has 1 atom stereocenters. The average Bonchev–Trinajstić information content (AvgIpc) is 2.72. The number of aryl methyl sites for hydroxylation is 1. The molecule has 5 nitrogen and oxygen atoms in total. The summed E-state index contributed by atoms with van der Waals surface area (Å²) in [5.74, 6) is 0. The van der Waals surface area contributed by atoms with Crippen LogP contribution in [0.5, 0.6) is 0 Å². The molecule has 160 valence electrons.